The largest absolute Gasteiger partial charge is 0.435 e. The quantitative estimate of drug-likeness (QED) is 0.791. The highest BCUT2D eigenvalue weighted by Crippen LogP contribution is 2.26. The summed E-state index contributed by atoms with van der Waals surface area (Å²) in [5.41, 5.74) is 6.28. The molecule has 18 heavy (non-hydrogen) atoms. The average molecular weight is 259 g/mol. The molecule has 0 amide bonds. The normalized spacial score (nSPS) is 14.6. The fourth-order valence-corrected chi connectivity index (χ4v) is 1.89. The number of hydrogen-bond donors (Lipinski definition) is 2. The van der Waals surface area contributed by atoms with Crippen LogP contribution in [-0.2, 0) is 0 Å². The van der Waals surface area contributed by atoms with E-state index in [0.29, 0.717) is 12.1 Å². The maximum absolute atomic E-state index is 12.0. The Hall–Kier alpha value is -1.20. The highest BCUT2D eigenvalue weighted by molar-refractivity contribution is 5.28. The minimum Gasteiger partial charge on any atom is -0.435 e. The number of nitrogens with two attached hydrogens (primary N) is 1. The van der Waals surface area contributed by atoms with Crippen LogP contribution in [0.1, 0.15) is 31.4 Å². The van der Waals surface area contributed by atoms with E-state index >= 15 is 0 Å². The van der Waals surface area contributed by atoms with Gasteiger partial charge >= 0.3 is 6.61 Å². The molecule has 0 heterocycles. The van der Waals surface area contributed by atoms with Crippen molar-refractivity contribution in [3.05, 3.63) is 29.8 Å². The first-order valence-electron chi connectivity index (χ1n) is 6.01. The summed E-state index contributed by atoms with van der Waals surface area (Å²) in [6.45, 7) is -0.420. The third-order valence-corrected chi connectivity index (χ3v) is 2.86. The summed E-state index contributed by atoms with van der Waals surface area (Å²) in [6.07, 6.45) is 1.09. The van der Waals surface area contributed by atoms with Crippen molar-refractivity contribution in [1.82, 2.24) is 0 Å². The van der Waals surface area contributed by atoms with Crippen LogP contribution >= 0.6 is 0 Å². The van der Waals surface area contributed by atoms with Gasteiger partial charge in [-0.05, 0) is 30.7 Å². The Bertz CT molecular complexity index is 343. The molecule has 3 nitrogen and oxygen atoms in total. The third kappa shape index (κ3) is 4.23. The Labute approximate surface area is 106 Å². The summed E-state index contributed by atoms with van der Waals surface area (Å²) >= 11 is 0. The molecule has 0 aromatic heterocycles. The number of ether oxygens (including phenoxy) is 1. The zero-order chi connectivity index (χ0) is 13.5. The minimum atomic E-state index is -2.84. The second-order valence-electron chi connectivity index (χ2n) is 4.18. The molecule has 2 unspecified atom stereocenters. The lowest BCUT2D eigenvalue weighted by Crippen LogP contribution is -2.21. The van der Waals surface area contributed by atoms with E-state index in [1.54, 1.807) is 12.1 Å². The summed E-state index contributed by atoms with van der Waals surface area (Å²) in [5.74, 6) is 0.0672. The molecule has 0 aliphatic carbocycles. The minimum absolute atomic E-state index is 0.0168. The van der Waals surface area contributed by atoms with Gasteiger partial charge in [0.15, 0.2) is 0 Å². The molecule has 5 heteroatoms. The summed E-state index contributed by atoms with van der Waals surface area (Å²) in [5, 5.41) is 10.1. The highest BCUT2D eigenvalue weighted by Gasteiger charge is 2.18. The third-order valence-electron chi connectivity index (χ3n) is 2.86. The van der Waals surface area contributed by atoms with Gasteiger partial charge in [0.1, 0.15) is 5.75 Å². The molecular formula is C13H19F2NO2. The Balaban J connectivity index is 2.71. The van der Waals surface area contributed by atoms with Crippen molar-refractivity contribution < 1.29 is 18.6 Å². The Morgan fingerprint density at radius 3 is 2.33 bits per heavy atom. The number of hydrogen-bond acceptors (Lipinski definition) is 3. The van der Waals surface area contributed by atoms with Crippen molar-refractivity contribution in [2.24, 2.45) is 11.7 Å². The first kappa shape index (κ1) is 14.9. The lowest BCUT2D eigenvalue weighted by molar-refractivity contribution is -0.0498. The number of benzene rings is 1. The van der Waals surface area contributed by atoms with Crippen LogP contribution in [0.2, 0.25) is 0 Å². The first-order valence-corrected chi connectivity index (χ1v) is 6.01. The topological polar surface area (TPSA) is 55.5 Å². The number of rotatable bonds is 7. The van der Waals surface area contributed by atoms with Crippen LogP contribution in [-0.4, -0.2) is 18.3 Å². The zero-order valence-corrected chi connectivity index (χ0v) is 10.4. The Morgan fingerprint density at radius 2 is 1.89 bits per heavy atom. The van der Waals surface area contributed by atoms with Crippen LogP contribution < -0.4 is 10.5 Å². The van der Waals surface area contributed by atoms with E-state index in [1.165, 1.54) is 12.1 Å². The zero-order valence-electron chi connectivity index (χ0n) is 10.4. The Kier molecular flexibility index (Phi) is 6.01. The molecule has 0 radical (unpaired) electrons. The van der Waals surface area contributed by atoms with Crippen molar-refractivity contribution in [3.8, 4) is 5.75 Å². The van der Waals surface area contributed by atoms with E-state index < -0.39 is 12.7 Å². The molecule has 1 aromatic rings. The van der Waals surface area contributed by atoms with E-state index in [0.717, 1.165) is 12.8 Å². The number of halogens is 2. The van der Waals surface area contributed by atoms with Gasteiger partial charge in [-0.15, -0.1) is 0 Å². The summed E-state index contributed by atoms with van der Waals surface area (Å²) in [6, 6.07) is 6.01. The Morgan fingerprint density at radius 1 is 1.28 bits per heavy atom. The summed E-state index contributed by atoms with van der Waals surface area (Å²) in [7, 11) is 0. The van der Waals surface area contributed by atoms with Gasteiger partial charge in [-0.2, -0.15) is 8.78 Å². The van der Waals surface area contributed by atoms with Gasteiger partial charge in [-0.1, -0.05) is 25.5 Å². The van der Waals surface area contributed by atoms with Crippen LogP contribution in [0.15, 0.2) is 24.3 Å². The van der Waals surface area contributed by atoms with Gasteiger partial charge in [-0.3, -0.25) is 0 Å². The van der Waals surface area contributed by atoms with Gasteiger partial charge in [0.25, 0.3) is 0 Å². The maximum atomic E-state index is 12.0. The SMILES string of the molecule is CCCC(CN)C(O)c1ccc(OC(F)F)cc1. The van der Waals surface area contributed by atoms with Gasteiger partial charge in [0, 0.05) is 5.92 Å². The molecule has 0 aliphatic heterocycles. The average Bonchev–Trinajstić information content (AvgIpc) is 2.35. The monoisotopic (exact) mass is 259 g/mol. The molecule has 102 valence electrons. The lowest BCUT2D eigenvalue weighted by Gasteiger charge is -2.21. The lowest BCUT2D eigenvalue weighted by atomic mass is 9.92. The van der Waals surface area contributed by atoms with E-state index in [-0.39, 0.29) is 11.7 Å². The van der Waals surface area contributed by atoms with Crippen molar-refractivity contribution >= 4 is 0 Å². The fraction of sp³-hybridized carbons (Fsp3) is 0.538. The molecule has 1 aromatic carbocycles. The fourth-order valence-electron chi connectivity index (χ4n) is 1.89. The van der Waals surface area contributed by atoms with E-state index in [1.807, 2.05) is 6.92 Å². The molecule has 0 fully saturated rings. The number of alkyl halides is 2. The second-order valence-corrected chi connectivity index (χ2v) is 4.18. The van der Waals surface area contributed by atoms with Gasteiger partial charge < -0.3 is 15.6 Å². The standard InChI is InChI=1S/C13H19F2NO2/c1-2-3-10(8-16)12(17)9-4-6-11(7-5-9)18-13(14)15/h4-7,10,12-13,17H,2-3,8,16H2,1H3. The molecular weight excluding hydrogens is 240 g/mol. The molecule has 2 atom stereocenters. The van der Waals surface area contributed by atoms with Gasteiger partial charge in [-0.25, -0.2) is 0 Å². The summed E-state index contributed by atoms with van der Waals surface area (Å²) < 4.78 is 28.2. The first-order chi connectivity index (χ1) is 8.58. The predicted molar refractivity (Wildman–Crippen MR) is 65.5 cm³/mol. The number of aliphatic hydroxyl groups excluding tert-OH is 1. The van der Waals surface area contributed by atoms with Crippen LogP contribution in [0.4, 0.5) is 8.78 Å². The van der Waals surface area contributed by atoms with Crippen LogP contribution in [0.3, 0.4) is 0 Å². The molecule has 0 saturated heterocycles. The molecule has 0 bridgehead atoms. The van der Waals surface area contributed by atoms with Crippen molar-refractivity contribution in [3.63, 3.8) is 0 Å². The second kappa shape index (κ2) is 7.28. The van der Waals surface area contributed by atoms with E-state index in [9.17, 15) is 13.9 Å². The van der Waals surface area contributed by atoms with Gasteiger partial charge in [0.2, 0.25) is 0 Å². The molecule has 3 N–H and O–H groups in total. The van der Waals surface area contributed by atoms with E-state index in [4.69, 9.17) is 5.73 Å². The van der Waals surface area contributed by atoms with Crippen LogP contribution in [0.5, 0.6) is 5.75 Å². The predicted octanol–water partition coefficient (Wildman–Crippen LogP) is 2.70. The van der Waals surface area contributed by atoms with Crippen molar-refractivity contribution in [1.29, 1.82) is 0 Å². The maximum Gasteiger partial charge on any atom is 0.387 e. The molecule has 0 aliphatic rings. The van der Waals surface area contributed by atoms with Crippen molar-refractivity contribution in [2.75, 3.05) is 6.54 Å². The van der Waals surface area contributed by atoms with E-state index in [2.05, 4.69) is 4.74 Å². The smallest absolute Gasteiger partial charge is 0.387 e. The van der Waals surface area contributed by atoms with Crippen LogP contribution in [0, 0.1) is 5.92 Å². The molecule has 0 spiro atoms. The molecule has 1 rings (SSSR count). The summed E-state index contributed by atoms with van der Waals surface area (Å²) in [4.78, 5) is 0. The highest BCUT2D eigenvalue weighted by atomic mass is 19.3. The van der Waals surface area contributed by atoms with Gasteiger partial charge in [0.05, 0.1) is 6.10 Å². The number of aliphatic hydroxyl groups is 1. The van der Waals surface area contributed by atoms with Crippen molar-refractivity contribution in [2.45, 2.75) is 32.5 Å². The molecule has 0 saturated carbocycles. The van der Waals surface area contributed by atoms with Crippen LogP contribution in [0.25, 0.3) is 0 Å².